The summed E-state index contributed by atoms with van der Waals surface area (Å²) in [5.41, 5.74) is 3.77. The average molecular weight is 488 g/mol. The molecule has 6 nitrogen and oxygen atoms in total. The molecular weight excluding hydrogens is 454 g/mol. The molecule has 0 bridgehead atoms. The van der Waals surface area contributed by atoms with Gasteiger partial charge in [0.05, 0.1) is 10.2 Å². The van der Waals surface area contributed by atoms with Crippen LogP contribution in [-0.2, 0) is 4.79 Å². The Labute approximate surface area is 210 Å². The van der Waals surface area contributed by atoms with E-state index in [0.717, 1.165) is 62.8 Å². The van der Waals surface area contributed by atoms with Crippen molar-refractivity contribution < 1.29 is 4.79 Å². The number of carbonyl (C=O) groups excluding carboxylic acids is 1. The van der Waals surface area contributed by atoms with Crippen LogP contribution in [-0.4, -0.2) is 60.0 Å². The van der Waals surface area contributed by atoms with Gasteiger partial charge in [0.2, 0.25) is 5.91 Å². The minimum absolute atomic E-state index is 0.119. The second-order valence-corrected chi connectivity index (χ2v) is 10.9. The monoisotopic (exact) mass is 487 g/mol. The number of fused-ring (bicyclic) bond motifs is 2. The van der Waals surface area contributed by atoms with Gasteiger partial charge in [-0.2, -0.15) is 0 Å². The number of benzene rings is 2. The van der Waals surface area contributed by atoms with Crippen molar-refractivity contribution in [2.24, 2.45) is 5.92 Å². The zero-order chi connectivity index (χ0) is 23.6. The third-order valence-corrected chi connectivity index (χ3v) is 8.89. The lowest BCUT2D eigenvalue weighted by molar-refractivity contribution is -0.125. The Bertz CT molecular complexity index is 1260. The Balaban J connectivity index is 0.930. The van der Waals surface area contributed by atoms with Crippen LogP contribution in [0.15, 0.2) is 54.7 Å². The third kappa shape index (κ3) is 4.80. The highest BCUT2D eigenvalue weighted by molar-refractivity contribution is 7.22. The highest BCUT2D eigenvalue weighted by Crippen LogP contribution is 2.33. The minimum atomic E-state index is 0.119. The average Bonchev–Trinajstić information content (AvgIpc) is 3.54. The summed E-state index contributed by atoms with van der Waals surface area (Å²) in [6.07, 6.45) is 6.36. The standard InChI is InChI=1S/C28H33N5OS/c34-27(21-11-16-33(17-12-21)28-31-25-7-3-4-8-26(25)35-28)29-13-18-32-14-9-20(10-15-32)23-19-30-24-6-2-1-5-22(23)24/h1-8,19-21,30H,9-18H2,(H,29,34). The Morgan fingerprint density at radius 3 is 2.60 bits per heavy atom. The van der Waals surface area contributed by atoms with E-state index in [0.29, 0.717) is 5.92 Å². The predicted octanol–water partition coefficient (Wildman–Crippen LogP) is 4.99. The van der Waals surface area contributed by atoms with Gasteiger partial charge in [0, 0.05) is 49.2 Å². The number of rotatable bonds is 6. The first-order valence-corrected chi connectivity index (χ1v) is 13.7. The van der Waals surface area contributed by atoms with Crippen LogP contribution >= 0.6 is 11.3 Å². The molecule has 6 rings (SSSR count). The molecule has 0 atom stereocenters. The fraction of sp³-hybridized carbons (Fsp3) is 0.429. The quantitative estimate of drug-likeness (QED) is 0.402. The van der Waals surface area contributed by atoms with Gasteiger partial charge in [0.1, 0.15) is 0 Å². The summed E-state index contributed by atoms with van der Waals surface area (Å²) in [7, 11) is 0. The summed E-state index contributed by atoms with van der Waals surface area (Å²) in [5, 5.41) is 5.67. The molecule has 0 aliphatic carbocycles. The number of carbonyl (C=O) groups is 1. The molecule has 7 heteroatoms. The number of anilines is 1. The molecule has 0 radical (unpaired) electrons. The van der Waals surface area contributed by atoms with Crippen LogP contribution in [0, 0.1) is 5.92 Å². The van der Waals surface area contributed by atoms with E-state index in [4.69, 9.17) is 4.98 Å². The van der Waals surface area contributed by atoms with E-state index in [1.165, 1.54) is 34.0 Å². The van der Waals surface area contributed by atoms with Crippen molar-refractivity contribution in [2.45, 2.75) is 31.6 Å². The van der Waals surface area contributed by atoms with Gasteiger partial charge >= 0.3 is 0 Å². The van der Waals surface area contributed by atoms with Gasteiger partial charge in [-0.3, -0.25) is 4.79 Å². The third-order valence-electron chi connectivity index (χ3n) is 7.79. The van der Waals surface area contributed by atoms with Crippen LogP contribution in [0.5, 0.6) is 0 Å². The molecule has 0 spiro atoms. The first kappa shape index (κ1) is 22.6. The highest BCUT2D eigenvalue weighted by atomic mass is 32.1. The molecule has 2 aliphatic rings. The summed E-state index contributed by atoms with van der Waals surface area (Å²) < 4.78 is 1.23. The minimum Gasteiger partial charge on any atom is -0.361 e. The second-order valence-electron chi connectivity index (χ2n) is 9.92. The number of thiazole rings is 1. The zero-order valence-corrected chi connectivity index (χ0v) is 20.9. The largest absolute Gasteiger partial charge is 0.361 e. The molecule has 2 fully saturated rings. The van der Waals surface area contributed by atoms with E-state index in [1.807, 2.05) is 6.07 Å². The first-order chi connectivity index (χ1) is 17.2. The Kier molecular flexibility index (Phi) is 6.44. The molecule has 1 amide bonds. The number of nitrogens with zero attached hydrogens (tertiary/aromatic N) is 3. The van der Waals surface area contributed by atoms with E-state index >= 15 is 0 Å². The fourth-order valence-corrected chi connectivity index (χ4v) is 6.73. The van der Waals surface area contributed by atoms with Crippen molar-refractivity contribution in [1.82, 2.24) is 20.2 Å². The number of aromatic nitrogens is 2. The molecule has 0 saturated carbocycles. The Morgan fingerprint density at radius 2 is 1.77 bits per heavy atom. The number of hydrogen-bond donors (Lipinski definition) is 2. The lowest BCUT2D eigenvalue weighted by atomic mass is 9.89. The van der Waals surface area contributed by atoms with Crippen LogP contribution in [0.25, 0.3) is 21.1 Å². The van der Waals surface area contributed by atoms with E-state index in [9.17, 15) is 4.79 Å². The van der Waals surface area contributed by atoms with Gasteiger partial charge in [-0.25, -0.2) is 4.98 Å². The Hall–Kier alpha value is -2.90. The molecule has 0 unspecified atom stereocenters. The van der Waals surface area contributed by atoms with Crippen molar-refractivity contribution in [2.75, 3.05) is 44.2 Å². The van der Waals surface area contributed by atoms with Crippen LogP contribution in [0.3, 0.4) is 0 Å². The van der Waals surface area contributed by atoms with Gasteiger partial charge in [0.15, 0.2) is 5.13 Å². The molecule has 4 heterocycles. The lowest BCUT2D eigenvalue weighted by Crippen LogP contribution is -2.43. The molecular formula is C28H33N5OS. The summed E-state index contributed by atoms with van der Waals surface area (Å²) in [6, 6.07) is 16.9. The topological polar surface area (TPSA) is 64.3 Å². The zero-order valence-electron chi connectivity index (χ0n) is 20.1. The van der Waals surface area contributed by atoms with Gasteiger partial charge in [-0.05, 0) is 68.5 Å². The smallest absolute Gasteiger partial charge is 0.223 e. The van der Waals surface area contributed by atoms with Crippen LogP contribution in [0.1, 0.15) is 37.2 Å². The molecule has 2 aromatic heterocycles. The highest BCUT2D eigenvalue weighted by Gasteiger charge is 2.27. The summed E-state index contributed by atoms with van der Waals surface area (Å²) >= 11 is 1.75. The van der Waals surface area contributed by atoms with E-state index in [2.05, 4.69) is 68.8 Å². The molecule has 2 aliphatic heterocycles. The number of H-pyrrole nitrogens is 1. The van der Waals surface area contributed by atoms with E-state index in [1.54, 1.807) is 11.3 Å². The maximum atomic E-state index is 12.8. The maximum absolute atomic E-state index is 12.8. The lowest BCUT2D eigenvalue weighted by Gasteiger charge is -2.33. The SMILES string of the molecule is O=C(NCCN1CCC(c2c[nH]c3ccccc23)CC1)C1CCN(c2nc3ccccc3s2)CC1. The molecule has 182 valence electrons. The second kappa shape index (κ2) is 9.99. The van der Waals surface area contributed by atoms with E-state index in [-0.39, 0.29) is 11.8 Å². The van der Waals surface area contributed by atoms with Crippen molar-refractivity contribution in [3.8, 4) is 0 Å². The summed E-state index contributed by atoms with van der Waals surface area (Å²) in [4.78, 5) is 25.8. The number of amides is 1. The van der Waals surface area contributed by atoms with Crippen LogP contribution in [0.4, 0.5) is 5.13 Å². The van der Waals surface area contributed by atoms with Crippen molar-refractivity contribution >= 4 is 43.5 Å². The summed E-state index contributed by atoms with van der Waals surface area (Å²) in [6.45, 7) is 5.69. The van der Waals surface area contributed by atoms with Gasteiger partial charge in [-0.1, -0.05) is 41.7 Å². The molecule has 35 heavy (non-hydrogen) atoms. The van der Waals surface area contributed by atoms with Gasteiger partial charge in [0.25, 0.3) is 0 Å². The first-order valence-electron chi connectivity index (χ1n) is 12.9. The Morgan fingerprint density at radius 1 is 1.00 bits per heavy atom. The molecule has 2 aromatic carbocycles. The fourth-order valence-electron chi connectivity index (χ4n) is 5.71. The van der Waals surface area contributed by atoms with Gasteiger partial charge in [-0.15, -0.1) is 0 Å². The van der Waals surface area contributed by atoms with Crippen LogP contribution < -0.4 is 10.2 Å². The number of piperidine rings is 2. The van der Waals surface area contributed by atoms with Crippen molar-refractivity contribution in [3.05, 3.63) is 60.3 Å². The van der Waals surface area contributed by atoms with Gasteiger partial charge < -0.3 is 20.1 Å². The maximum Gasteiger partial charge on any atom is 0.223 e. The number of para-hydroxylation sites is 2. The number of aromatic amines is 1. The predicted molar refractivity (Wildman–Crippen MR) is 144 cm³/mol. The molecule has 2 saturated heterocycles. The van der Waals surface area contributed by atoms with E-state index < -0.39 is 0 Å². The molecule has 2 N–H and O–H groups in total. The van der Waals surface area contributed by atoms with Crippen molar-refractivity contribution in [3.63, 3.8) is 0 Å². The van der Waals surface area contributed by atoms with Crippen molar-refractivity contribution in [1.29, 1.82) is 0 Å². The molecule has 4 aromatic rings. The summed E-state index contributed by atoms with van der Waals surface area (Å²) in [5.74, 6) is 0.966. The number of hydrogen-bond acceptors (Lipinski definition) is 5. The van der Waals surface area contributed by atoms with Crippen LogP contribution in [0.2, 0.25) is 0 Å². The number of nitrogens with one attached hydrogen (secondary N) is 2. The number of likely N-dealkylation sites (tertiary alicyclic amines) is 1. The normalized spacial score (nSPS) is 18.5.